The molecule has 1 aliphatic rings. The molecule has 3 rings (SSSR count). The number of hydrogen-bond acceptors (Lipinski definition) is 3. The first-order chi connectivity index (χ1) is 9.24. The van der Waals surface area contributed by atoms with Gasteiger partial charge in [-0.1, -0.05) is 36.4 Å². The van der Waals surface area contributed by atoms with Crippen LogP contribution >= 0.6 is 0 Å². The van der Waals surface area contributed by atoms with Crippen molar-refractivity contribution in [2.75, 3.05) is 6.54 Å². The van der Waals surface area contributed by atoms with Gasteiger partial charge in [0.1, 0.15) is 17.9 Å². The standard InChI is InChI=1S/C15H15NO3/c17-15(18)13-8-11(9-16-13)19-14-7-3-5-10-4-1-2-6-12(10)14/h1-7,11,13,16H,8-9H2,(H,17,18)/t11-,13-/m0/s1. The molecule has 0 radical (unpaired) electrons. The quantitative estimate of drug-likeness (QED) is 0.883. The first kappa shape index (κ1) is 12.0. The number of fused-ring (bicyclic) bond motifs is 1. The molecule has 0 bridgehead atoms. The van der Waals surface area contributed by atoms with Crippen LogP contribution in [0.15, 0.2) is 42.5 Å². The average molecular weight is 257 g/mol. The molecular weight excluding hydrogens is 242 g/mol. The third-order valence-corrected chi connectivity index (χ3v) is 3.43. The molecule has 1 aliphatic heterocycles. The predicted molar refractivity (Wildman–Crippen MR) is 72.4 cm³/mol. The highest BCUT2D eigenvalue weighted by atomic mass is 16.5. The van der Waals surface area contributed by atoms with Crippen LogP contribution in [0.25, 0.3) is 10.8 Å². The second-order valence-electron chi connectivity index (χ2n) is 4.75. The van der Waals surface area contributed by atoms with E-state index in [-0.39, 0.29) is 6.10 Å². The summed E-state index contributed by atoms with van der Waals surface area (Å²) in [6.07, 6.45) is 0.408. The summed E-state index contributed by atoms with van der Waals surface area (Å²) < 4.78 is 5.94. The summed E-state index contributed by atoms with van der Waals surface area (Å²) in [5.74, 6) is -0.0000384. The van der Waals surface area contributed by atoms with E-state index in [1.165, 1.54) is 0 Å². The maximum atomic E-state index is 10.9. The Hall–Kier alpha value is -2.07. The van der Waals surface area contributed by atoms with Gasteiger partial charge in [0, 0.05) is 18.4 Å². The topological polar surface area (TPSA) is 58.6 Å². The lowest BCUT2D eigenvalue weighted by atomic mass is 10.1. The summed E-state index contributed by atoms with van der Waals surface area (Å²) in [5.41, 5.74) is 0. The van der Waals surface area contributed by atoms with Crippen molar-refractivity contribution in [3.8, 4) is 5.75 Å². The van der Waals surface area contributed by atoms with Crippen LogP contribution in [0.4, 0.5) is 0 Å². The highest BCUT2D eigenvalue weighted by Crippen LogP contribution is 2.27. The molecule has 4 heteroatoms. The van der Waals surface area contributed by atoms with Crippen molar-refractivity contribution >= 4 is 16.7 Å². The van der Waals surface area contributed by atoms with E-state index in [0.29, 0.717) is 13.0 Å². The van der Waals surface area contributed by atoms with E-state index < -0.39 is 12.0 Å². The minimum absolute atomic E-state index is 0.0908. The van der Waals surface area contributed by atoms with Crippen LogP contribution in [0.5, 0.6) is 5.75 Å². The van der Waals surface area contributed by atoms with Gasteiger partial charge in [0.2, 0.25) is 0 Å². The molecule has 0 saturated carbocycles. The van der Waals surface area contributed by atoms with Crippen molar-refractivity contribution < 1.29 is 14.6 Å². The Bertz CT molecular complexity index is 606. The summed E-state index contributed by atoms with van der Waals surface area (Å²) in [4.78, 5) is 10.9. The van der Waals surface area contributed by atoms with E-state index >= 15 is 0 Å². The van der Waals surface area contributed by atoms with Crippen LogP contribution in [0, 0.1) is 0 Å². The molecule has 98 valence electrons. The first-order valence-corrected chi connectivity index (χ1v) is 6.34. The summed E-state index contributed by atoms with van der Waals surface area (Å²) in [5, 5.41) is 14.1. The Balaban J connectivity index is 1.81. The van der Waals surface area contributed by atoms with E-state index in [9.17, 15) is 4.79 Å². The Kier molecular flexibility index (Phi) is 3.09. The molecule has 1 heterocycles. The van der Waals surface area contributed by atoms with Gasteiger partial charge >= 0.3 is 5.97 Å². The van der Waals surface area contributed by atoms with E-state index in [1.54, 1.807) is 0 Å². The van der Waals surface area contributed by atoms with Gasteiger partial charge < -0.3 is 15.2 Å². The minimum Gasteiger partial charge on any atom is -0.488 e. The molecule has 2 N–H and O–H groups in total. The number of aliphatic carboxylic acids is 1. The first-order valence-electron chi connectivity index (χ1n) is 6.34. The lowest BCUT2D eigenvalue weighted by Crippen LogP contribution is -2.30. The number of nitrogens with one attached hydrogen (secondary N) is 1. The van der Waals surface area contributed by atoms with Crippen molar-refractivity contribution in [3.63, 3.8) is 0 Å². The predicted octanol–water partition coefficient (Wildman–Crippen LogP) is 2.03. The molecule has 0 aliphatic carbocycles. The number of rotatable bonds is 3. The van der Waals surface area contributed by atoms with Gasteiger partial charge in [0.25, 0.3) is 0 Å². The van der Waals surface area contributed by atoms with Gasteiger partial charge in [0.05, 0.1) is 0 Å². The maximum Gasteiger partial charge on any atom is 0.320 e. The number of carboxylic acids is 1. The van der Waals surface area contributed by atoms with E-state index in [1.807, 2.05) is 42.5 Å². The smallest absolute Gasteiger partial charge is 0.320 e. The van der Waals surface area contributed by atoms with Crippen LogP contribution in [-0.4, -0.2) is 29.8 Å². The largest absolute Gasteiger partial charge is 0.488 e. The van der Waals surface area contributed by atoms with Crippen LogP contribution in [-0.2, 0) is 4.79 Å². The van der Waals surface area contributed by atoms with Crippen molar-refractivity contribution in [2.24, 2.45) is 0 Å². The van der Waals surface area contributed by atoms with Gasteiger partial charge in [-0.25, -0.2) is 0 Å². The molecule has 0 amide bonds. The highest BCUT2D eigenvalue weighted by molar-refractivity contribution is 5.88. The minimum atomic E-state index is -0.816. The fourth-order valence-corrected chi connectivity index (χ4v) is 2.46. The summed E-state index contributed by atoms with van der Waals surface area (Å²) >= 11 is 0. The molecule has 0 unspecified atom stereocenters. The third kappa shape index (κ3) is 2.39. The second kappa shape index (κ2) is 4.90. The SMILES string of the molecule is O=C(O)[C@@H]1C[C@H](Oc2cccc3ccccc23)CN1. The molecule has 2 aromatic rings. The van der Waals surface area contributed by atoms with E-state index in [0.717, 1.165) is 16.5 Å². The molecule has 1 fully saturated rings. The second-order valence-corrected chi connectivity index (χ2v) is 4.75. The van der Waals surface area contributed by atoms with Crippen molar-refractivity contribution in [3.05, 3.63) is 42.5 Å². The number of hydrogen-bond donors (Lipinski definition) is 2. The molecule has 0 aromatic heterocycles. The number of carboxylic acid groups (broad SMARTS) is 1. The van der Waals surface area contributed by atoms with E-state index in [4.69, 9.17) is 9.84 Å². The fourth-order valence-electron chi connectivity index (χ4n) is 2.46. The Morgan fingerprint density at radius 2 is 2.00 bits per heavy atom. The van der Waals surface area contributed by atoms with Gasteiger partial charge in [-0.05, 0) is 11.5 Å². The summed E-state index contributed by atoms with van der Waals surface area (Å²) in [7, 11) is 0. The molecule has 1 saturated heterocycles. The Morgan fingerprint density at radius 1 is 1.21 bits per heavy atom. The maximum absolute atomic E-state index is 10.9. The van der Waals surface area contributed by atoms with Crippen LogP contribution in [0.3, 0.4) is 0 Å². The van der Waals surface area contributed by atoms with Crippen LogP contribution in [0.1, 0.15) is 6.42 Å². The van der Waals surface area contributed by atoms with Crippen molar-refractivity contribution in [1.82, 2.24) is 5.32 Å². The monoisotopic (exact) mass is 257 g/mol. The van der Waals surface area contributed by atoms with Gasteiger partial charge in [-0.3, -0.25) is 4.79 Å². The van der Waals surface area contributed by atoms with Crippen molar-refractivity contribution in [2.45, 2.75) is 18.6 Å². The normalized spacial score (nSPS) is 22.5. The molecule has 2 atom stereocenters. The average Bonchev–Trinajstić information content (AvgIpc) is 2.88. The number of benzene rings is 2. The van der Waals surface area contributed by atoms with E-state index in [2.05, 4.69) is 5.32 Å². The zero-order valence-corrected chi connectivity index (χ0v) is 10.4. The molecule has 19 heavy (non-hydrogen) atoms. The fraction of sp³-hybridized carbons (Fsp3) is 0.267. The van der Waals surface area contributed by atoms with Crippen LogP contribution in [0.2, 0.25) is 0 Å². The molecule has 2 aromatic carbocycles. The van der Waals surface area contributed by atoms with Gasteiger partial charge in [0.15, 0.2) is 0 Å². The van der Waals surface area contributed by atoms with Gasteiger partial charge in [-0.15, -0.1) is 0 Å². The number of ether oxygens (including phenoxy) is 1. The summed E-state index contributed by atoms with van der Waals surface area (Å²) in [6, 6.07) is 13.4. The highest BCUT2D eigenvalue weighted by Gasteiger charge is 2.30. The molecule has 0 spiro atoms. The Labute approximate surface area is 111 Å². The Morgan fingerprint density at radius 3 is 2.79 bits per heavy atom. The van der Waals surface area contributed by atoms with Crippen LogP contribution < -0.4 is 10.1 Å². The zero-order chi connectivity index (χ0) is 13.2. The molecular formula is C15H15NO3. The number of carbonyl (C=O) groups is 1. The molecule has 4 nitrogen and oxygen atoms in total. The van der Waals surface area contributed by atoms with Crippen molar-refractivity contribution in [1.29, 1.82) is 0 Å². The lowest BCUT2D eigenvalue weighted by Gasteiger charge is -2.14. The third-order valence-electron chi connectivity index (χ3n) is 3.43. The van der Waals surface area contributed by atoms with Gasteiger partial charge in [-0.2, -0.15) is 0 Å². The zero-order valence-electron chi connectivity index (χ0n) is 10.4. The lowest BCUT2D eigenvalue weighted by molar-refractivity contribution is -0.139. The summed E-state index contributed by atoms with van der Waals surface area (Å²) in [6.45, 7) is 0.570.